The second-order valence-electron chi connectivity index (χ2n) is 5.25. The van der Waals surface area contributed by atoms with Gasteiger partial charge in [-0.2, -0.15) is 0 Å². The molecule has 1 atom stereocenters. The number of rotatable bonds is 5. The summed E-state index contributed by atoms with van der Waals surface area (Å²) in [7, 11) is 0. The van der Waals surface area contributed by atoms with Crippen LogP contribution >= 0.6 is 0 Å². The molecule has 0 radical (unpaired) electrons. The predicted molar refractivity (Wildman–Crippen MR) is 67.6 cm³/mol. The first kappa shape index (κ1) is 14.3. The second-order valence-corrected chi connectivity index (χ2v) is 5.25. The van der Waals surface area contributed by atoms with Gasteiger partial charge in [-0.25, -0.2) is 13.2 Å². The van der Waals surface area contributed by atoms with Gasteiger partial charge in [-0.1, -0.05) is 25.7 Å². The van der Waals surface area contributed by atoms with E-state index in [2.05, 4.69) is 5.43 Å². The smallest absolute Gasteiger partial charge is 0.194 e. The van der Waals surface area contributed by atoms with E-state index in [1.54, 1.807) is 0 Å². The zero-order valence-corrected chi connectivity index (χ0v) is 10.8. The van der Waals surface area contributed by atoms with Crippen molar-refractivity contribution in [2.24, 2.45) is 11.8 Å². The highest BCUT2D eigenvalue weighted by molar-refractivity contribution is 5.22. The molecule has 1 aliphatic carbocycles. The van der Waals surface area contributed by atoms with Crippen LogP contribution in [0.5, 0.6) is 0 Å². The molecule has 3 N–H and O–H groups in total. The Bertz CT molecular complexity index is 408. The normalized spacial score (nSPS) is 17.9. The minimum Gasteiger partial charge on any atom is -0.271 e. The third-order valence-electron chi connectivity index (χ3n) is 3.95. The molecule has 106 valence electrons. The Morgan fingerprint density at radius 1 is 1.16 bits per heavy atom. The van der Waals surface area contributed by atoms with E-state index < -0.39 is 17.5 Å². The fourth-order valence-corrected chi connectivity index (χ4v) is 2.82. The Morgan fingerprint density at radius 3 is 2.26 bits per heavy atom. The summed E-state index contributed by atoms with van der Waals surface area (Å²) in [5, 5.41) is 0. The summed E-state index contributed by atoms with van der Waals surface area (Å²) >= 11 is 0. The second kappa shape index (κ2) is 6.39. The highest BCUT2D eigenvalue weighted by atomic mass is 19.2. The number of benzene rings is 1. The quantitative estimate of drug-likeness (QED) is 0.488. The number of hydrogen-bond acceptors (Lipinski definition) is 2. The Morgan fingerprint density at radius 2 is 1.74 bits per heavy atom. The van der Waals surface area contributed by atoms with Crippen molar-refractivity contribution in [2.75, 3.05) is 0 Å². The summed E-state index contributed by atoms with van der Waals surface area (Å²) in [6, 6.07) is 1.68. The fraction of sp³-hybridized carbons (Fsp3) is 0.571. The van der Waals surface area contributed by atoms with E-state index in [9.17, 15) is 13.2 Å². The molecular formula is C14H19F3N2. The van der Waals surface area contributed by atoms with Gasteiger partial charge in [-0.05, 0) is 36.5 Å². The van der Waals surface area contributed by atoms with Crippen molar-refractivity contribution in [1.82, 2.24) is 5.43 Å². The summed E-state index contributed by atoms with van der Waals surface area (Å²) in [6.45, 7) is 0. The summed E-state index contributed by atoms with van der Waals surface area (Å²) in [4.78, 5) is 0. The zero-order valence-electron chi connectivity index (χ0n) is 10.8. The van der Waals surface area contributed by atoms with Gasteiger partial charge in [0.2, 0.25) is 0 Å². The van der Waals surface area contributed by atoms with Crippen molar-refractivity contribution in [3.8, 4) is 0 Å². The molecule has 2 rings (SSSR count). The molecule has 0 spiro atoms. The highest BCUT2D eigenvalue weighted by Gasteiger charge is 2.20. The number of halogens is 3. The van der Waals surface area contributed by atoms with E-state index in [1.165, 1.54) is 25.7 Å². The Kier molecular flexibility index (Phi) is 4.82. The molecule has 19 heavy (non-hydrogen) atoms. The van der Waals surface area contributed by atoms with Crippen LogP contribution in [0.3, 0.4) is 0 Å². The first-order chi connectivity index (χ1) is 9.11. The molecule has 1 unspecified atom stereocenters. The number of nitrogens with one attached hydrogen (secondary N) is 1. The van der Waals surface area contributed by atoms with Gasteiger partial charge >= 0.3 is 0 Å². The van der Waals surface area contributed by atoms with Gasteiger partial charge in [0.05, 0.1) is 0 Å². The zero-order chi connectivity index (χ0) is 13.8. The van der Waals surface area contributed by atoms with Crippen molar-refractivity contribution < 1.29 is 13.2 Å². The van der Waals surface area contributed by atoms with E-state index in [0.29, 0.717) is 17.9 Å². The van der Waals surface area contributed by atoms with Gasteiger partial charge < -0.3 is 0 Å². The summed E-state index contributed by atoms with van der Waals surface area (Å²) < 4.78 is 39.3. The molecule has 1 fully saturated rings. The maximum Gasteiger partial charge on any atom is 0.194 e. The van der Waals surface area contributed by atoms with Crippen molar-refractivity contribution in [2.45, 2.75) is 44.6 Å². The van der Waals surface area contributed by atoms with E-state index in [0.717, 1.165) is 18.6 Å². The lowest BCUT2D eigenvalue weighted by molar-refractivity contribution is 0.406. The summed E-state index contributed by atoms with van der Waals surface area (Å²) in [5.41, 5.74) is 2.92. The van der Waals surface area contributed by atoms with Crippen LogP contribution in [0.2, 0.25) is 0 Å². The molecule has 0 aromatic heterocycles. The maximum atomic E-state index is 13.2. The maximum absolute atomic E-state index is 13.2. The van der Waals surface area contributed by atoms with E-state index in [4.69, 9.17) is 5.84 Å². The van der Waals surface area contributed by atoms with Gasteiger partial charge in [-0.15, -0.1) is 0 Å². The monoisotopic (exact) mass is 272 g/mol. The molecule has 0 heterocycles. The molecule has 0 aliphatic heterocycles. The standard InChI is InChI=1S/C14H19F3N2/c15-11-7-10(8-12(16)14(11)17)13(19-18)6-5-9-3-1-2-4-9/h7-9,13,19H,1-6,18H2. The van der Waals surface area contributed by atoms with Gasteiger partial charge in [0.25, 0.3) is 0 Å². The number of hydrogen-bond donors (Lipinski definition) is 2. The minimum atomic E-state index is -1.43. The number of nitrogens with two attached hydrogens (primary N) is 1. The Balaban J connectivity index is 2.04. The van der Waals surface area contributed by atoms with Gasteiger partial charge in [0, 0.05) is 6.04 Å². The number of hydrazine groups is 1. The molecule has 1 aromatic carbocycles. The molecule has 0 saturated heterocycles. The van der Waals surface area contributed by atoms with E-state index >= 15 is 0 Å². The molecule has 1 saturated carbocycles. The van der Waals surface area contributed by atoms with Gasteiger partial charge in [-0.3, -0.25) is 11.3 Å². The highest BCUT2D eigenvalue weighted by Crippen LogP contribution is 2.31. The van der Waals surface area contributed by atoms with Crippen molar-refractivity contribution >= 4 is 0 Å². The van der Waals surface area contributed by atoms with Gasteiger partial charge in [0.1, 0.15) is 0 Å². The van der Waals surface area contributed by atoms with Crippen LogP contribution in [0.25, 0.3) is 0 Å². The van der Waals surface area contributed by atoms with Crippen LogP contribution in [-0.2, 0) is 0 Å². The van der Waals surface area contributed by atoms with Crippen LogP contribution < -0.4 is 11.3 Å². The van der Waals surface area contributed by atoms with Crippen LogP contribution in [0, 0.1) is 23.4 Å². The van der Waals surface area contributed by atoms with Crippen LogP contribution in [0.1, 0.15) is 50.1 Å². The SMILES string of the molecule is NNC(CCC1CCCC1)c1cc(F)c(F)c(F)c1. The van der Waals surface area contributed by atoms with Crippen molar-refractivity contribution in [3.05, 3.63) is 35.1 Å². The molecule has 2 nitrogen and oxygen atoms in total. The van der Waals surface area contributed by atoms with Crippen LogP contribution in [0.4, 0.5) is 13.2 Å². The summed E-state index contributed by atoms with van der Waals surface area (Å²) in [5.74, 6) is 2.34. The molecule has 5 heteroatoms. The van der Waals surface area contributed by atoms with Crippen LogP contribution in [-0.4, -0.2) is 0 Å². The predicted octanol–water partition coefficient (Wildman–Crippen LogP) is 3.58. The average Bonchev–Trinajstić information content (AvgIpc) is 2.89. The molecule has 1 aliphatic rings. The lowest BCUT2D eigenvalue weighted by Gasteiger charge is -2.18. The summed E-state index contributed by atoms with van der Waals surface area (Å²) in [6.07, 6.45) is 6.60. The molecule has 0 bridgehead atoms. The Hall–Kier alpha value is -1.07. The lowest BCUT2D eigenvalue weighted by Crippen LogP contribution is -2.28. The van der Waals surface area contributed by atoms with Crippen LogP contribution in [0.15, 0.2) is 12.1 Å². The first-order valence-corrected chi connectivity index (χ1v) is 6.72. The largest absolute Gasteiger partial charge is 0.271 e. The minimum absolute atomic E-state index is 0.342. The average molecular weight is 272 g/mol. The molecule has 0 amide bonds. The first-order valence-electron chi connectivity index (χ1n) is 6.72. The third-order valence-corrected chi connectivity index (χ3v) is 3.95. The molecular weight excluding hydrogens is 253 g/mol. The lowest BCUT2D eigenvalue weighted by atomic mass is 9.95. The van der Waals surface area contributed by atoms with Gasteiger partial charge in [0.15, 0.2) is 17.5 Å². The molecule has 1 aromatic rings. The van der Waals surface area contributed by atoms with E-state index in [-0.39, 0.29) is 6.04 Å². The van der Waals surface area contributed by atoms with E-state index in [1.807, 2.05) is 0 Å². The topological polar surface area (TPSA) is 38.0 Å². The van der Waals surface area contributed by atoms with Crippen molar-refractivity contribution in [1.29, 1.82) is 0 Å². The third kappa shape index (κ3) is 3.48. The Labute approximate surface area is 111 Å². The fourth-order valence-electron chi connectivity index (χ4n) is 2.82. The van der Waals surface area contributed by atoms with Crippen molar-refractivity contribution in [3.63, 3.8) is 0 Å².